The molecular weight excluding hydrogens is 425 g/mol. The number of amides is 1. The molecular formula is C21H22INO2. The normalized spacial score (nSPS) is 15.2. The zero-order valence-electron chi connectivity index (χ0n) is 14.9. The number of hydrogen-bond donors (Lipinski definition) is 2. The fraction of sp³-hybridized carbons (Fsp3) is 0.286. The lowest BCUT2D eigenvalue weighted by Gasteiger charge is -2.16. The van der Waals surface area contributed by atoms with E-state index in [0.29, 0.717) is 11.3 Å². The number of carbonyl (C=O) groups excluding carboxylic acids is 1. The van der Waals surface area contributed by atoms with E-state index in [1.807, 2.05) is 36.4 Å². The second-order valence-electron chi connectivity index (χ2n) is 7.06. The molecule has 0 fully saturated rings. The summed E-state index contributed by atoms with van der Waals surface area (Å²) in [7, 11) is 0. The average molecular weight is 447 g/mol. The first-order valence-corrected chi connectivity index (χ1v) is 9.55. The topological polar surface area (TPSA) is 49.3 Å². The summed E-state index contributed by atoms with van der Waals surface area (Å²) in [6.45, 7) is 8.26. The number of aromatic hydroxyl groups is 1. The molecule has 130 valence electrons. The summed E-state index contributed by atoms with van der Waals surface area (Å²) in [5.74, 6) is 0.711. The van der Waals surface area contributed by atoms with Crippen LogP contribution in [0.4, 0.5) is 5.69 Å². The van der Waals surface area contributed by atoms with E-state index in [2.05, 4.69) is 55.6 Å². The first kappa shape index (κ1) is 18.0. The quantitative estimate of drug-likeness (QED) is 0.466. The molecule has 0 atom stereocenters. The number of halogens is 1. The maximum absolute atomic E-state index is 12.4. The Morgan fingerprint density at radius 1 is 1.04 bits per heavy atom. The molecule has 0 radical (unpaired) electrons. The highest BCUT2D eigenvalue weighted by Crippen LogP contribution is 2.38. The molecule has 0 spiro atoms. The molecule has 0 bridgehead atoms. The fourth-order valence-corrected chi connectivity index (χ4v) is 3.63. The molecule has 25 heavy (non-hydrogen) atoms. The third-order valence-corrected chi connectivity index (χ3v) is 5.18. The molecule has 2 aromatic rings. The van der Waals surface area contributed by atoms with Gasteiger partial charge in [-0.2, -0.15) is 0 Å². The van der Waals surface area contributed by atoms with E-state index in [9.17, 15) is 9.90 Å². The number of phenolic OH excluding ortho intramolecular Hbond substituents is 1. The van der Waals surface area contributed by atoms with Gasteiger partial charge in [-0.15, -0.1) is 0 Å². The molecule has 3 nitrogen and oxygen atoms in total. The lowest BCUT2D eigenvalue weighted by molar-refractivity contribution is -0.110. The van der Waals surface area contributed by atoms with Crippen molar-refractivity contribution in [3.8, 4) is 5.75 Å². The number of fused-ring (bicyclic) bond motifs is 1. The van der Waals surface area contributed by atoms with Crippen molar-refractivity contribution in [3.63, 3.8) is 0 Å². The Morgan fingerprint density at radius 2 is 1.64 bits per heavy atom. The Labute approximate surface area is 162 Å². The van der Waals surface area contributed by atoms with Gasteiger partial charge in [-0.05, 0) is 87.5 Å². The summed E-state index contributed by atoms with van der Waals surface area (Å²) >= 11 is 2.25. The van der Waals surface area contributed by atoms with Gasteiger partial charge in [0.1, 0.15) is 5.75 Å². The van der Waals surface area contributed by atoms with Crippen molar-refractivity contribution in [2.45, 2.75) is 39.5 Å². The van der Waals surface area contributed by atoms with Crippen LogP contribution in [0.5, 0.6) is 5.75 Å². The van der Waals surface area contributed by atoms with Crippen LogP contribution in [0.15, 0.2) is 30.3 Å². The van der Waals surface area contributed by atoms with Crippen molar-refractivity contribution in [2.75, 3.05) is 5.32 Å². The van der Waals surface area contributed by atoms with Crippen molar-refractivity contribution in [2.24, 2.45) is 0 Å². The second kappa shape index (κ2) is 6.83. The van der Waals surface area contributed by atoms with E-state index < -0.39 is 0 Å². The zero-order valence-corrected chi connectivity index (χ0v) is 17.0. The van der Waals surface area contributed by atoms with Crippen LogP contribution >= 0.6 is 22.6 Å². The molecule has 1 heterocycles. The van der Waals surface area contributed by atoms with Crippen molar-refractivity contribution in [1.82, 2.24) is 0 Å². The zero-order chi connectivity index (χ0) is 18.3. The molecule has 1 aliphatic heterocycles. The molecule has 2 N–H and O–H groups in total. The highest BCUT2D eigenvalue weighted by atomic mass is 127. The fourth-order valence-electron chi connectivity index (χ4n) is 3.14. The minimum atomic E-state index is -0.0812. The maximum Gasteiger partial charge on any atom is 0.256 e. The highest BCUT2D eigenvalue weighted by Gasteiger charge is 2.24. The maximum atomic E-state index is 12.4. The van der Waals surface area contributed by atoms with Crippen LogP contribution in [0.25, 0.3) is 11.6 Å². The standard InChI is InChI=1S/C21H22INO2/c1-11(2)15-7-13(8-16(12(3)4)20(15)24)9-18-17-10-14(22)5-6-19(17)23-21(18)25/h5-12,24H,1-4H3,(H,23,25). The highest BCUT2D eigenvalue weighted by molar-refractivity contribution is 14.1. The van der Waals surface area contributed by atoms with E-state index in [0.717, 1.165) is 31.5 Å². The van der Waals surface area contributed by atoms with Gasteiger partial charge in [0, 0.05) is 20.4 Å². The van der Waals surface area contributed by atoms with E-state index in [1.165, 1.54) is 0 Å². The summed E-state index contributed by atoms with van der Waals surface area (Å²) in [5, 5.41) is 13.5. The number of phenols is 1. The van der Waals surface area contributed by atoms with Gasteiger partial charge in [0.2, 0.25) is 0 Å². The van der Waals surface area contributed by atoms with Gasteiger partial charge in [-0.1, -0.05) is 27.7 Å². The molecule has 4 heteroatoms. The summed E-state index contributed by atoms with van der Waals surface area (Å²) in [6.07, 6.45) is 1.93. The second-order valence-corrected chi connectivity index (χ2v) is 8.31. The van der Waals surface area contributed by atoms with Crippen LogP contribution in [0.3, 0.4) is 0 Å². The van der Waals surface area contributed by atoms with Gasteiger partial charge < -0.3 is 10.4 Å². The van der Waals surface area contributed by atoms with Gasteiger partial charge in [0.15, 0.2) is 0 Å². The smallest absolute Gasteiger partial charge is 0.256 e. The minimum absolute atomic E-state index is 0.0812. The third kappa shape index (κ3) is 3.45. The number of hydrogen-bond acceptors (Lipinski definition) is 2. The molecule has 0 saturated carbocycles. The van der Waals surface area contributed by atoms with Crippen molar-refractivity contribution >= 4 is 45.8 Å². The summed E-state index contributed by atoms with van der Waals surface area (Å²) < 4.78 is 1.09. The summed E-state index contributed by atoms with van der Waals surface area (Å²) in [5.41, 5.74) is 5.23. The van der Waals surface area contributed by atoms with E-state index >= 15 is 0 Å². The van der Waals surface area contributed by atoms with E-state index in [-0.39, 0.29) is 17.7 Å². The lowest BCUT2D eigenvalue weighted by atomic mass is 9.90. The molecule has 0 aromatic heterocycles. The average Bonchev–Trinajstić information content (AvgIpc) is 2.83. The predicted octanol–water partition coefficient (Wildman–Crippen LogP) is 5.74. The van der Waals surface area contributed by atoms with Gasteiger partial charge in [-0.25, -0.2) is 0 Å². The number of rotatable bonds is 3. The molecule has 0 aliphatic carbocycles. The number of carbonyl (C=O) groups is 1. The first-order valence-electron chi connectivity index (χ1n) is 8.47. The van der Waals surface area contributed by atoms with Crippen LogP contribution in [-0.2, 0) is 4.79 Å². The Balaban J connectivity index is 2.16. The van der Waals surface area contributed by atoms with Crippen LogP contribution in [0, 0.1) is 3.57 Å². The van der Waals surface area contributed by atoms with Gasteiger partial charge >= 0.3 is 0 Å². The van der Waals surface area contributed by atoms with Crippen molar-refractivity contribution in [3.05, 3.63) is 56.2 Å². The van der Waals surface area contributed by atoms with Gasteiger partial charge in [0.05, 0.1) is 0 Å². The number of benzene rings is 2. The molecule has 0 saturated heterocycles. The van der Waals surface area contributed by atoms with E-state index in [1.54, 1.807) is 0 Å². The molecule has 1 amide bonds. The summed E-state index contributed by atoms with van der Waals surface area (Å²) in [4.78, 5) is 12.4. The van der Waals surface area contributed by atoms with Crippen molar-refractivity contribution < 1.29 is 9.90 Å². The van der Waals surface area contributed by atoms with Crippen LogP contribution < -0.4 is 5.32 Å². The van der Waals surface area contributed by atoms with Crippen molar-refractivity contribution in [1.29, 1.82) is 0 Å². The minimum Gasteiger partial charge on any atom is -0.507 e. The predicted molar refractivity (Wildman–Crippen MR) is 112 cm³/mol. The SMILES string of the molecule is CC(C)c1cc(C=C2C(=O)Nc3ccc(I)cc32)cc(C(C)C)c1O. The summed E-state index contributed by atoms with van der Waals surface area (Å²) in [6, 6.07) is 9.91. The monoisotopic (exact) mass is 447 g/mol. The van der Waals surface area contributed by atoms with E-state index in [4.69, 9.17) is 0 Å². The molecule has 3 rings (SSSR count). The van der Waals surface area contributed by atoms with Crippen LogP contribution in [0.2, 0.25) is 0 Å². The number of anilines is 1. The largest absolute Gasteiger partial charge is 0.507 e. The molecule has 0 unspecified atom stereocenters. The van der Waals surface area contributed by atoms with Crippen LogP contribution in [0.1, 0.15) is 61.8 Å². The third-order valence-electron chi connectivity index (χ3n) is 4.51. The van der Waals surface area contributed by atoms with Gasteiger partial charge in [-0.3, -0.25) is 4.79 Å². The van der Waals surface area contributed by atoms with Gasteiger partial charge in [0.25, 0.3) is 5.91 Å². The Kier molecular flexibility index (Phi) is 4.91. The molecule has 1 aliphatic rings. The Hall–Kier alpha value is -1.82. The first-order chi connectivity index (χ1) is 11.8. The van der Waals surface area contributed by atoms with Crippen LogP contribution in [-0.4, -0.2) is 11.0 Å². The number of nitrogens with one attached hydrogen (secondary N) is 1. The lowest BCUT2D eigenvalue weighted by Crippen LogP contribution is -2.04. The Bertz CT molecular complexity index is 852. The molecule has 2 aromatic carbocycles. The Morgan fingerprint density at radius 3 is 2.20 bits per heavy atom.